The second-order valence-corrected chi connectivity index (χ2v) is 8.34. The number of hydrogen-bond acceptors (Lipinski definition) is 4. The molecule has 0 atom stereocenters. The monoisotopic (exact) mass is 372 g/mol. The number of hydrogen-bond donors (Lipinski definition) is 2. The highest BCUT2D eigenvalue weighted by atomic mass is 16.5. The summed E-state index contributed by atoms with van der Waals surface area (Å²) in [6.07, 6.45) is 6.59. The molecule has 6 heteroatoms. The molecule has 3 saturated carbocycles. The van der Waals surface area contributed by atoms with Crippen molar-refractivity contribution in [2.75, 3.05) is 19.7 Å². The SMILES string of the molecule is O=C(O)CN(CC1CC1)C1CC(NC(=O)c2ccc(OCC3CC3)cc2)C1. The zero-order valence-electron chi connectivity index (χ0n) is 15.6. The molecule has 0 radical (unpaired) electrons. The summed E-state index contributed by atoms with van der Waals surface area (Å²) in [5.74, 6) is 1.34. The molecule has 1 aromatic rings. The lowest BCUT2D eigenvalue weighted by Crippen LogP contribution is -2.55. The minimum absolute atomic E-state index is 0.0702. The quantitative estimate of drug-likeness (QED) is 0.660. The number of nitrogens with one attached hydrogen (secondary N) is 1. The van der Waals surface area contributed by atoms with Crippen molar-refractivity contribution in [3.05, 3.63) is 29.8 Å². The topological polar surface area (TPSA) is 78.9 Å². The predicted octanol–water partition coefficient (Wildman–Crippen LogP) is 2.53. The molecule has 3 fully saturated rings. The number of rotatable bonds is 10. The fraction of sp³-hybridized carbons (Fsp3) is 0.619. The zero-order chi connectivity index (χ0) is 18.8. The number of aliphatic carboxylic acids is 1. The van der Waals surface area contributed by atoms with Crippen molar-refractivity contribution in [2.24, 2.45) is 11.8 Å². The highest BCUT2D eigenvalue weighted by Crippen LogP contribution is 2.34. The smallest absolute Gasteiger partial charge is 0.317 e. The van der Waals surface area contributed by atoms with Gasteiger partial charge in [-0.3, -0.25) is 14.5 Å². The Kier molecular flexibility index (Phi) is 5.34. The van der Waals surface area contributed by atoms with E-state index in [1.807, 2.05) is 12.1 Å². The lowest BCUT2D eigenvalue weighted by molar-refractivity contribution is -0.139. The van der Waals surface area contributed by atoms with E-state index in [1.165, 1.54) is 25.7 Å². The van der Waals surface area contributed by atoms with E-state index < -0.39 is 5.97 Å². The minimum atomic E-state index is -0.771. The Hall–Kier alpha value is -2.08. The van der Waals surface area contributed by atoms with Gasteiger partial charge in [-0.1, -0.05) is 0 Å². The van der Waals surface area contributed by atoms with Crippen LogP contribution in [-0.4, -0.2) is 53.7 Å². The Bertz CT molecular complexity index is 676. The van der Waals surface area contributed by atoms with E-state index in [0.29, 0.717) is 17.4 Å². The summed E-state index contributed by atoms with van der Waals surface area (Å²) in [5.41, 5.74) is 0.637. The Morgan fingerprint density at radius 2 is 1.74 bits per heavy atom. The van der Waals surface area contributed by atoms with Crippen LogP contribution >= 0.6 is 0 Å². The molecule has 1 amide bonds. The molecule has 3 aliphatic carbocycles. The predicted molar refractivity (Wildman–Crippen MR) is 101 cm³/mol. The first-order valence-electron chi connectivity index (χ1n) is 10.1. The Labute approximate surface area is 159 Å². The second kappa shape index (κ2) is 7.89. The van der Waals surface area contributed by atoms with Gasteiger partial charge in [-0.15, -0.1) is 0 Å². The van der Waals surface area contributed by atoms with Crippen LogP contribution < -0.4 is 10.1 Å². The van der Waals surface area contributed by atoms with Crippen LogP contribution in [0.2, 0.25) is 0 Å². The molecule has 1 aromatic carbocycles. The number of carboxylic acid groups (broad SMARTS) is 1. The number of ether oxygens (including phenoxy) is 1. The molecule has 146 valence electrons. The van der Waals surface area contributed by atoms with Crippen molar-refractivity contribution >= 4 is 11.9 Å². The van der Waals surface area contributed by atoms with Crippen LogP contribution in [0.25, 0.3) is 0 Å². The van der Waals surface area contributed by atoms with Gasteiger partial charge < -0.3 is 15.2 Å². The van der Waals surface area contributed by atoms with E-state index in [0.717, 1.165) is 31.7 Å². The van der Waals surface area contributed by atoms with Crippen LogP contribution in [0.1, 0.15) is 48.9 Å². The van der Waals surface area contributed by atoms with Gasteiger partial charge in [0.25, 0.3) is 5.91 Å². The highest BCUT2D eigenvalue weighted by Gasteiger charge is 2.37. The Morgan fingerprint density at radius 3 is 2.33 bits per heavy atom. The standard InChI is InChI=1S/C21H28N2O4/c24-20(25)12-23(11-14-1-2-14)18-9-17(10-18)22-21(26)16-5-7-19(8-6-16)27-13-15-3-4-15/h5-8,14-15,17-18H,1-4,9-13H2,(H,22,26)(H,24,25). The molecule has 0 unspecified atom stereocenters. The molecule has 6 nitrogen and oxygen atoms in total. The Morgan fingerprint density at radius 1 is 1.07 bits per heavy atom. The van der Waals surface area contributed by atoms with Gasteiger partial charge in [0.15, 0.2) is 0 Å². The zero-order valence-corrected chi connectivity index (χ0v) is 15.6. The molecule has 4 rings (SSSR count). The van der Waals surface area contributed by atoms with Crippen LogP contribution in [0.15, 0.2) is 24.3 Å². The van der Waals surface area contributed by atoms with Gasteiger partial charge in [-0.05, 0) is 74.6 Å². The molecule has 2 N–H and O–H groups in total. The van der Waals surface area contributed by atoms with Crippen molar-refractivity contribution in [2.45, 2.75) is 50.6 Å². The maximum Gasteiger partial charge on any atom is 0.317 e. The molecule has 0 bridgehead atoms. The number of amides is 1. The fourth-order valence-corrected chi connectivity index (χ4v) is 3.62. The van der Waals surface area contributed by atoms with Crippen LogP contribution in [0, 0.1) is 11.8 Å². The largest absolute Gasteiger partial charge is 0.493 e. The van der Waals surface area contributed by atoms with Crippen molar-refractivity contribution in [1.29, 1.82) is 0 Å². The number of carboxylic acids is 1. The van der Waals surface area contributed by atoms with E-state index in [4.69, 9.17) is 9.84 Å². The summed E-state index contributed by atoms with van der Waals surface area (Å²) in [5, 5.41) is 12.2. The van der Waals surface area contributed by atoms with Gasteiger partial charge in [0.1, 0.15) is 5.75 Å². The average Bonchev–Trinajstić information content (AvgIpc) is 3.50. The van der Waals surface area contributed by atoms with E-state index in [1.54, 1.807) is 12.1 Å². The summed E-state index contributed by atoms with van der Waals surface area (Å²) in [7, 11) is 0. The summed E-state index contributed by atoms with van der Waals surface area (Å²) in [6, 6.07) is 7.71. The summed E-state index contributed by atoms with van der Waals surface area (Å²) in [6.45, 7) is 1.74. The highest BCUT2D eigenvalue weighted by molar-refractivity contribution is 5.94. The molecule has 27 heavy (non-hydrogen) atoms. The van der Waals surface area contributed by atoms with Gasteiger partial charge in [0.2, 0.25) is 0 Å². The van der Waals surface area contributed by atoms with Gasteiger partial charge in [0, 0.05) is 24.2 Å². The van der Waals surface area contributed by atoms with Crippen LogP contribution in [0.4, 0.5) is 0 Å². The van der Waals surface area contributed by atoms with Crippen molar-refractivity contribution < 1.29 is 19.4 Å². The van der Waals surface area contributed by atoms with Crippen LogP contribution in [-0.2, 0) is 4.79 Å². The van der Waals surface area contributed by atoms with Crippen molar-refractivity contribution in [3.8, 4) is 5.75 Å². The van der Waals surface area contributed by atoms with E-state index >= 15 is 0 Å². The third-order valence-electron chi connectivity index (χ3n) is 5.79. The molecular weight excluding hydrogens is 344 g/mol. The Balaban J connectivity index is 1.22. The fourth-order valence-electron chi connectivity index (χ4n) is 3.62. The van der Waals surface area contributed by atoms with Gasteiger partial charge in [0.05, 0.1) is 13.2 Å². The molecule has 0 spiro atoms. The molecule has 0 aliphatic heterocycles. The van der Waals surface area contributed by atoms with Crippen molar-refractivity contribution in [1.82, 2.24) is 10.2 Å². The number of carbonyl (C=O) groups excluding carboxylic acids is 1. The first-order valence-corrected chi connectivity index (χ1v) is 10.1. The van der Waals surface area contributed by atoms with Gasteiger partial charge >= 0.3 is 5.97 Å². The number of carbonyl (C=O) groups is 2. The molecule has 0 heterocycles. The van der Waals surface area contributed by atoms with E-state index in [9.17, 15) is 9.59 Å². The van der Waals surface area contributed by atoms with Gasteiger partial charge in [-0.2, -0.15) is 0 Å². The average molecular weight is 372 g/mol. The maximum absolute atomic E-state index is 12.4. The molecular formula is C21H28N2O4. The summed E-state index contributed by atoms with van der Waals surface area (Å²) in [4.78, 5) is 25.6. The lowest BCUT2D eigenvalue weighted by Gasteiger charge is -2.42. The first kappa shape index (κ1) is 18.3. The van der Waals surface area contributed by atoms with E-state index in [-0.39, 0.29) is 24.5 Å². The number of nitrogens with zero attached hydrogens (tertiary/aromatic N) is 1. The second-order valence-electron chi connectivity index (χ2n) is 8.34. The third kappa shape index (κ3) is 5.22. The summed E-state index contributed by atoms with van der Waals surface area (Å²) >= 11 is 0. The number of benzene rings is 1. The minimum Gasteiger partial charge on any atom is -0.493 e. The van der Waals surface area contributed by atoms with Crippen LogP contribution in [0.5, 0.6) is 5.75 Å². The normalized spacial score (nSPS) is 24.3. The van der Waals surface area contributed by atoms with E-state index in [2.05, 4.69) is 10.2 Å². The first-order chi connectivity index (χ1) is 13.1. The summed E-state index contributed by atoms with van der Waals surface area (Å²) < 4.78 is 5.70. The third-order valence-corrected chi connectivity index (χ3v) is 5.79. The molecule has 0 aromatic heterocycles. The maximum atomic E-state index is 12.4. The van der Waals surface area contributed by atoms with Crippen LogP contribution in [0.3, 0.4) is 0 Å². The molecule has 3 aliphatic rings. The van der Waals surface area contributed by atoms with Gasteiger partial charge in [-0.25, -0.2) is 0 Å². The molecule has 0 saturated heterocycles. The van der Waals surface area contributed by atoms with Crippen molar-refractivity contribution in [3.63, 3.8) is 0 Å². The lowest BCUT2D eigenvalue weighted by atomic mass is 9.85.